The first kappa shape index (κ1) is 19.1. The zero-order valence-electron chi connectivity index (χ0n) is 14.5. The third-order valence-corrected chi connectivity index (χ3v) is 6.15. The van der Waals surface area contributed by atoms with E-state index >= 15 is 0 Å². The number of sulfonamides is 1. The molecule has 2 aliphatic rings. The molecular formula is C17H20N4O5S. The molecular weight excluding hydrogens is 372 g/mol. The minimum Gasteiger partial charge on any atom is -0.338 e. The fourth-order valence-corrected chi connectivity index (χ4v) is 4.25. The molecule has 2 heterocycles. The van der Waals surface area contributed by atoms with Gasteiger partial charge in [0.2, 0.25) is 10.0 Å². The summed E-state index contributed by atoms with van der Waals surface area (Å²) in [5.74, 6) is -0.698. The Labute approximate surface area is 156 Å². The first-order valence-corrected chi connectivity index (χ1v) is 9.89. The van der Waals surface area contributed by atoms with E-state index in [0.29, 0.717) is 12.8 Å². The molecule has 0 radical (unpaired) electrons. The second-order valence-corrected chi connectivity index (χ2v) is 8.22. The number of likely N-dealkylation sites (tertiary alicyclic amines) is 1. The SMILES string of the molecule is C=CCNS(=O)(=O)c1cccc(C(=O)N2CCC3(CC2)NC(=O)NC3=O)c1. The molecule has 9 nitrogen and oxygen atoms in total. The van der Waals surface area contributed by atoms with E-state index < -0.39 is 21.6 Å². The highest BCUT2D eigenvalue weighted by molar-refractivity contribution is 7.89. The normalized spacial score (nSPS) is 18.9. The van der Waals surface area contributed by atoms with Gasteiger partial charge in [0.05, 0.1) is 4.90 Å². The van der Waals surface area contributed by atoms with Crippen molar-refractivity contribution in [1.82, 2.24) is 20.3 Å². The number of amides is 4. The predicted octanol–water partition coefficient (Wildman–Crippen LogP) is -0.0349. The quantitative estimate of drug-likeness (QED) is 0.479. The Hall–Kier alpha value is -2.72. The van der Waals surface area contributed by atoms with Crippen LogP contribution in [-0.4, -0.2) is 56.3 Å². The first-order valence-electron chi connectivity index (χ1n) is 8.41. The monoisotopic (exact) mass is 392 g/mol. The molecule has 144 valence electrons. The Kier molecular flexibility index (Phi) is 5.03. The molecule has 0 saturated carbocycles. The number of nitrogens with one attached hydrogen (secondary N) is 3. The number of urea groups is 1. The maximum Gasteiger partial charge on any atom is 0.322 e. The summed E-state index contributed by atoms with van der Waals surface area (Å²) in [5, 5.41) is 4.85. The van der Waals surface area contributed by atoms with E-state index in [1.165, 1.54) is 24.3 Å². The van der Waals surface area contributed by atoms with Gasteiger partial charge in [-0.2, -0.15) is 0 Å². The molecule has 0 bridgehead atoms. The van der Waals surface area contributed by atoms with Crippen LogP contribution in [0.25, 0.3) is 0 Å². The zero-order chi connectivity index (χ0) is 19.7. The van der Waals surface area contributed by atoms with Crippen LogP contribution in [0.4, 0.5) is 4.79 Å². The van der Waals surface area contributed by atoms with Gasteiger partial charge in [-0.1, -0.05) is 12.1 Å². The number of nitrogens with zero attached hydrogens (tertiary/aromatic N) is 1. The van der Waals surface area contributed by atoms with Gasteiger partial charge < -0.3 is 10.2 Å². The summed E-state index contributed by atoms with van der Waals surface area (Å²) in [7, 11) is -3.73. The van der Waals surface area contributed by atoms with Crippen molar-refractivity contribution >= 4 is 27.9 Å². The van der Waals surface area contributed by atoms with Gasteiger partial charge in [0.25, 0.3) is 11.8 Å². The summed E-state index contributed by atoms with van der Waals surface area (Å²) in [4.78, 5) is 37.6. The van der Waals surface area contributed by atoms with Crippen molar-refractivity contribution in [1.29, 1.82) is 0 Å². The van der Waals surface area contributed by atoms with Crippen molar-refractivity contribution in [3.8, 4) is 0 Å². The summed E-state index contributed by atoms with van der Waals surface area (Å²) in [6, 6.07) is 5.26. The highest BCUT2D eigenvalue weighted by atomic mass is 32.2. The topological polar surface area (TPSA) is 125 Å². The van der Waals surface area contributed by atoms with Gasteiger partial charge in [-0.3, -0.25) is 14.9 Å². The fourth-order valence-electron chi connectivity index (χ4n) is 3.20. The van der Waals surface area contributed by atoms with Gasteiger partial charge in [-0.25, -0.2) is 17.9 Å². The minimum absolute atomic E-state index is 0.00823. The Morgan fingerprint density at radius 1 is 1.30 bits per heavy atom. The molecule has 3 rings (SSSR count). The van der Waals surface area contributed by atoms with Gasteiger partial charge in [0.1, 0.15) is 5.54 Å². The maximum atomic E-state index is 12.7. The number of hydrogen-bond acceptors (Lipinski definition) is 5. The van der Waals surface area contributed by atoms with Gasteiger partial charge >= 0.3 is 6.03 Å². The number of rotatable bonds is 5. The van der Waals surface area contributed by atoms with Crippen molar-refractivity contribution in [3.63, 3.8) is 0 Å². The molecule has 0 atom stereocenters. The van der Waals surface area contributed by atoms with E-state index in [0.717, 1.165) is 0 Å². The van der Waals surface area contributed by atoms with E-state index in [2.05, 4.69) is 21.9 Å². The minimum atomic E-state index is -3.73. The van der Waals surface area contributed by atoms with Crippen LogP contribution in [0.15, 0.2) is 41.8 Å². The lowest BCUT2D eigenvalue weighted by molar-refractivity contribution is -0.125. The van der Waals surface area contributed by atoms with E-state index in [4.69, 9.17) is 0 Å². The molecule has 1 spiro atoms. The van der Waals surface area contributed by atoms with Crippen molar-refractivity contribution in [3.05, 3.63) is 42.5 Å². The Bertz CT molecular complexity index is 904. The van der Waals surface area contributed by atoms with E-state index in [9.17, 15) is 22.8 Å². The van der Waals surface area contributed by atoms with Gasteiger partial charge in [0.15, 0.2) is 0 Å². The van der Waals surface area contributed by atoms with Gasteiger partial charge in [0, 0.05) is 25.2 Å². The fraction of sp³-hybridized carbons (Fsp3) is 0.353. The summed E-state index contributed by atoms with van der Waals surface area (Å²) in [6.07, 6.45) is 2.03. The second kappa shape index (κ2) is 7.12. The number of benzene rings is 1. The molecule has 1 aromatic rings. The molecule has 0 aliphatic carbocycles. The molecule has 4 amide bonds. The second-order valence-electron chi connectivity index (χ2n) is 6.45. The van der Waals surface area contributed by atoms with Crippen LogP contribution in [0.5, 0.6) is 0 Å². The smallest absolute Gasteiger partial charge is 0.322 e. The number of hydrogen-bond donors (Lipinski definition) is 3. The predicted molar refractivity (Wildman–Crippen MR) is 96.4 cm³/mol. The largest absolute Gasteiger partial charge is 0.338 e. The molecule has 10 heteroatoms. The lowest BCUT2D eigenvalue weighted by atomic mass is 9.87. The van der Waals surface area contributed by atoms with Crippen LogP contribution >= 0.6 is 0 Å². The summed E-state index contributed by atoms with van der Waals surface area (Å²) >= 11 is 0. The van der Waals surface area contributed by atoms with Crippen LogP contribution in [0.2, 0.25) is 0 Å². The Morgan fingerprint density at radius 2 is 2.00 bits per heavy atom. The molecule has 0 aromatic heterocycles. The number of carbonyl (C=O) groups excluding carboxylic acids is 3. The summed E-state index contributed by atoms with van der Waals surface area (Å²) in [5.41, 5.74) is -0.722. The zero-order valence-corrected chi connectivity index (χ0v) is 15.3. The van der Waals surface area contributed by atoms with Gasteiger partial charge in [-0.05, 0) is 31.0 Å². The van der Waals surface area contributed by atoms with Crippen LogP contribution in [0.3, 0.4) is 0 Å². The standard InChI is InChI=1S/C17H20N4O5S/c1-2-8-18-27(25,26)13-5-3-4-12(11-13)14(22)21-9-6-17(7-10-21)15(23)19-16(24)20-17/h2-5,11,18H,1,6-10H2,(H2,19,20,23,24). The van der Waals surface area contributed by atoms with E-state index in [1.807, 2.05) is 0 Å². The highest BCUT2D eigenvalue weighted by Gasteiger charge is 2.48. The molecule has 2 aliphatic heterocycles. The van der Waals surface area contributed by atoms with Crippen molar-refractivity contribution < 1.29 is 22.8 Å². The number of carbonyl (C=O) groups is 3. The average Bonchev–Trinajstić information content (AvgIpc) is 2.93. The Morgan fingerprint density at radius 3 is 2.59 bits per heavy atom. The van der Waals surface area contributed by atoms with Crippen molar-refractivity contribution in [2.45, 2.75) is 23.3 Å². The van der Waals surface area contributed by atoms with Crippen LogP contribution < -0.4 is 15.4 Å². The molecule has 1 aromatic carbocycles. The molecule has 27 heavy (non-hydrogen) atoms. The van der Waals surface area contributed by atoms with Crippen LogP contribution in [-0.2, 0) is 14.8 Å². The summed E-state index contributed by atoms with van der Waals surface area (Å²) in [6.45, 7) is 4.10. The summed E-state index contributed by atoms with van der Waals surface area (Å²) < 4.78 is 26.8. The van der Waals surface area contributed by atoms with Crippen molar-refractivity contribution in [2.24, 2.45) is 0 Å². The first-order chi connectivity index (χ1) is 12.8. The third-order valence-electron chi connectivity index (χ3n) is 4.73. The third kappa shape index (κ3) is 3.71. The lowest BCUT2D eigenvalue weighted by Crippen LogP contribution is -2.55. The van der Waals surface area contributed by atoms with Crippen LogP contribution in [0, 0.1) is 0 Å². The van der Waals surface area contributed by atoms with E-state index in [1.54, 1.807) is 11.0 Å². The Balaban J connectivity index is 1.72. The molecule has 3 N–H and O–H groups in total. The molecule has 0 unspecified atom stereocenters. The highest BCUT2D eigenvalue weighted by Crippen LogP contribution is 2.26. The average molecular weight is 392 g/mol. The van der Waals surface area contributed by atoms with Crippen molar-refractivity contribution in [2.75, 3.05) is 19.6 Å². The maximum absolute atomic E-state index is 12.7. The number of piperidine rings is 1. The van der Waals surface area contributed by atoms with Gasteiger partial charge in [-0.15, -0.1) is 6.58 Å². The lowest BCUT2D eigenvalue weighted by Gasteiger charge is -2.37. The van der Waals surface area contributed by atoms with E-state index in [-0.39, 0.29) is 41.9 Å². The molecule has 2 saturated heterocycles. The number of imide groups is 1. The van der Waals surface area contributed by atoms with Crippen LogP contribution in [0.1, 0.15) is 23.2 Å². The molecule has 2 fully saturated rings.